The van der Waals surface area contributed by atoms with Crippen LogP contribution in [0.1, 0.15) is 24.2 Å². The lowest BCUT2D eigenvalue weighted by molar-refractivity contribution is 0.0779. The van der Waals surface area contributed by atoms with Gasteiger partial charge in [0.05, 0.1) is 15.6 Å². The van der Waals surface area contributed by atoms with Crippen LogP contribution in [-0.2, 0) is 9.05 Å². The fourth-order valence-corrected chi connectivity index (χ4v) is 3.63. The maximum atomic E-state index is 12.3. The average Bonchev–Trinajstić information content (AvgIpc) is 2.25. The average molecular weight is 359 g/mol. The minimum Gasteiger partial charge on any atom is -0.341 e. The highest BCUT2D eigenvalue weighted by Crippen LogP contribution is 2.33. The second-order valence-corrected chi connectivity index (χ2v) is 8.07. The molecule has 0 aliphatic rings. The van der Waals surface area contributed by atoms with E-state index in [4.69, 9.17) is 33.9 Å². The number of hydrogen-bond donors (Lipinski definition) is 0. The fourth-order valence-electron chi connectivity index (χ4n) is 1.74. The van der Waals surface area contributed by atoms with Crippen molar-refractivity contribution in [2.75, 3.05) is 13.6 Å². The zero-order chi connectivity index (χ0) is 15.7. The maximum absolute atomic E-state index is 12.3. The lowest BCUT2D eigenvalue weighted by Crippen LogP contribution is -2.30. The third-order valence-electron chi connectivity index (χ3n) is 2.52. The van der Waals surface area contributed by atoms with Gasteiger partial charge in [0.25, 0.3) is 15.0 Å². The molecule has 1 aromatic carbocycles. The number of rotatable bonds is 4. The number of amides is 1. The molecule has 112 valence electrons. The Balaban J connectivity index is 3.35. The molecule has 0 aliphatic heterocycles. The summed E-state index contributed by atoms with van der Waals surface area (Å²) in [7, 11) is 2.83. The van der Waals surface area contributed by atoms with Crippen LogP contribution in [0.3, 0.4) is 0 Å². The normalized spacial score (nSPS) is 11.8. The van der Waals surface area contributed by atoms with Crippen LogP contribution in [-0.4, -0.2) is 32.8 Å². The first-order chi connectivity index (χ1) is 9.05. The highest BCUT2D eigenvalue weighted by Gasteiger charge is 2.25. The van der Waals surface area contributed by atoms with Crippen molar-refractivity contribution in [1.82, 2.24) is 4.90 Å². The lowest BCUT2D eigenvalue weighted by Gasteiger charge is -2.21. The first kappa shape index (κ1) is 17.6. The Morgan fingerprint density at radius 2 is 1.85 bits per heavy atom. The minimum absolute atomic E-state index is 0.0572. The van der Waals surface area contributed by atoms with E-state index in [9.17, 15) is 13.2 Å². The zero-order valence-corrected chi connectivity index (χ0v) is 14.2. The van der Waals surface area contributed by atoms with Gasteiger partial charge in [-0.15, -0.1) is 0 Å². The number of carbonyl (C=O) groups is 1. The summed E-state index contributed by atoms with van der Waals surface area (Å²) < 4.78 is 22.8. The smallest absolute Gasteiger partial charge is 0.262 e. The van der Waals surface area contributed by atoms with E-state index in [1.807, 2.05) is 13.8 Å². The van der Waals surface area contributed by atoms with Crippen molar-refractivity contribution in [3.05, 3.63) is 27.7 Å². The monoisotopic (exact) mass is 357 g/mol. The van der Waals surface area contributed by atoms with Crippen LogP contribution in [0.25, 0.3) is 0 Å². The Kier molecular flexibility index (Phi) is 5.72. The lowest BCUT2D eigenvalue weighted by atomic mass is 10.1. The summed E-state index contributed by atoms with van der Waals surface area (Å²) in [6, 6.07) is 2.46. The van der Waals surface area contributed by atoms with Crippen LogP contribution in [0.5, 0.6) is 0 Å². The van der Waals surface area contributed by atoms with Gasteiger partial charge >= 0.3 is 0 Å². The number of nitrogens with zero attached hydrogens (tertiary/aromatic N) is 1. The van der Waals surface area contributed by atoms with E-state index in [0.717, 1.165) is 0 Å². The van der Waals surface area contributed by atoms with Crippen molar-refractivity contribution in [1.29, 1.82) is 0 Å². The summed E-state index contributed by atoms with van der Waals surface area (Å²) in [5, 5.41) is -0.173. The van der Waals surface area contributed by atoms with E-state index in [2.05, 4.69) is 0 Å². The van der Waals surface area contributed by atoms with Crippen LogP contribution in [0.15, 0.2) is 17.0 Å². The summed E-state index contributed by atoms with van der Waals surface area (Å²) in [5.74, 6) is -0.197. The molecule has 0 saturated heterocycles. The van der Waals surface area contributed by atoms with E-state index < -0.39 is 15.0 Å². The van der Waals surface area contributed by atoms with Gasteiger partial charge in [0.1, 0.15) is 4.90 Å². The van der Waals surface area contributed by atoms with Crippen molar-refractivity contribution < 1.29 is 13.2 Å². The number of halogens is 3. The Morgan fingerprint density at radius 1 is 1.30 bits per heavy atom. The molecule has 8 heteroatoms. The Morgan fingerprint density at radius 3 is 2.30 bits per heavy atom. The van der Waals surface area contributed by atoms with Gasteiger partial charge in [-0.05, 0) is 18.1 Å². The summed E-state index contributed by atoms with van der Waals surface area (Å²) >= 11 is 11.9. The topological polar surface area (TPSA) is 54.5 Å². The van der Waals surface area contributed by atoms with Gasteiger partial charge in [0.2, 0.25) is 0 Å². The quantitative estimate of drug-likeness (QED) is 0.772. The molecule has 0 aliphatic carbocycles. The van der Waals surface area contributed by atoms with Gasteiger partial charge in [0.15, 0.2) is 0 Å². The van der Waals surface area contributed by atoms with Crippen LogP contribution < -0.4 is 0 Å². The van der Waals surface area contributed by atoms with E-state index in [0.29, 0.717) is 6.54 Å². The van der Waals surface area contributed by atoms with Crippen molar-refractivity contribution in [3.63, 3.8) is 0 Å². The van der Waals surface area contributed by atoms with Gasteiger partial charge in [0, 0.05) is 24.3 Å². The van der Waals surface area contributed by atoms with E-state index in [-0.39, 0.29) is 26.4 Å². The zero-order valence-electron chi connectivity index (χ0n) is 11.2. The van der Waals surface area contributed by atoms with E-state index in [1.165, 1.54) is 17.0 Å². The Hall–Kier alpha value is -0.490. The van der Waals surface area contributed by atoms with E-state index in [1.54, 1.807) is 7.05 Å². The van der Waals surface area contributed by atoms with Crippen LogP contribution in [0.4, 0.5) is 0 Å². The highest BCUT2D eigenvalue weighted by molar-refractivity contribution is 8.13. The summed E-state index contributed by atoms with van der Waals surface area (Å²) in [6.07, 6.45) is 0. The van der Waals surface area contributed by atoms with Crippen molar-refractivity contribution in [3.8, 4) is 0 Å². The molecule has 0 heterocycles. The van der Waals surface area contributed by atoms with Crippen molar-refractivity contribution in [2.24, 2.45) is 5.92 Å². The molecule has 0 fully saturated rings. The van der Waals surface area contributed by atoms with Gasteiger partial charge in [-0.25, -0.2) is 8.42 Å². The van der Waals surface area contributed by atoms with Gasteiger partial charge in [-0.1, -0.05) is 37.0 Å². The summed E-state index contributed by atoms with van der Waals surface area (Å²) in [4.78, 5) is 13.4. The molecule has 4 nitrogen and oxygen atoms in total. The minimum atomic E-state index is -4.04. The number of benzene rings is 1. The second kappa shape index (κ2) is 6.52. The van der Waals surface area contributed by atoms with Gasteiger partial charge in [-0.2, -0.15) is 0 Å². The van der Waals surface area contributed by atoms with E-state index >= 15 is 0 Å². The fraction of sp³-hybridized carbons (Fsp3) is 0.417. The third kappa shape index (κ3) is 4.01. The molecule has 0 spiro atoms. The molecule has 0 atom stereocenters. The molecule has 1 amide bonds. The van der Waals surface area contributed by atoms with Crippen LogP contribution >= 0.6 is 33.9 Å². The Bertz CT molecular complexity index is 629. The molecule has 0 saturated carbocycles. The standard InChI is InChI=1S/C12H14Cl3NO3S/c1-7(2)6-16(3)12(17)10-8(13)4-5-9(11(10)14)20(15,18)19/h4-5,7H,6H2,1-3H3. The predicted molar refractivity (Wildman–Crippen MR) is 81.3 cm³/mol. The molecule has 1 rings (SSSR count). The third-order valence-corrected chi connectivity index (χ3v) is 4.70. The van der Waals surface area contributed by atoms with Crippen LogP contribution in [0, 0.1) is 5.92 Å². The highest BCUT2D eigenvalue weighted by atomic mass is 35.7. The molecular formula is C12H14Cl3NO3S. The first-order valence-electron chi connectivity index (χ1n) is 5.73. The first-order valence-corrected chi connectivity index (χ1v) is 8.80. The Labute approximate surface area is 133 Å². The van der Waals surface area contributed by atoms with Crippen LogP contribution in [0.2, 0.25) is 10.0 Å². The summed E-state index contributed by atoms with van der Waals surface area (Å²) in [6.45, 7) is 4.39. The molecule has 0 aromatic heterocycles. The predicted octanol–water partition coefficient (Wildman–Crippen LogP) is 3.65. The van der Waals surface area contributed by atoms with Crippen molar-refractivity contribution in [2.45, 2.75) is 18.7 Å². The maximum Gasteiger partial charge on any atom is 0.262 e. The molecule has 20 heavy (non-hydrogen) atoms. The van der Waals surface area contributed by atoms with Gasteiger partial charge < -0.3 is 4.90 Å². The molecule has 0 bridgehead atoms. The molecule has 1 aromatic rings. The molecule has 0 unspecified atom stereocenters. The summed E-state index contributed by atoms with van der Waals surface area (Å²) in [5.41, 5.74) is -0.0572. The largest absolute Gasteiger partial charge is 0.341 e. The molecule has 0 radical (unpaired) electrons. The SMILES string of the molecule is CC(C)CN(C)C(=O)c1c(Cl)ccc(S(=O)(=O)Cl)c1Cl. The molecular weight excluding hydrogens is 345 g/mol. The molecule has 0 N–H and O–H groups in total. The van der Waals surface area contributed by atoms with Gasteiger partial charge in [-0.3, -0.25) is 4.79 Å². The van der Waals surface area contributed by atoms with Crippen molar-refractivity contribution >= 4 is 48.8 Å². The second-order valence-electron chi connectivity index (χ2n) is 4.75. The number of carbonyl (C=O) groups excluding carboxylic acids is 1. The number of hydrogen-bond acceptors (Lipinski definition) is 3.